The number of halogens is 2. The number of hydrogen-bond acceptors (Lipinski definition) is 2. The van der Waals surface area contributed by atoms with Gasteiger partial charge in [0.15, 0.2) is 0 Å². The molecule has 0 aromatic heterocycles. The Bertz CT molecular complexity index is 315. The minimum absolute atomic E-state index is 0.250. The number of nitrogens with two attached hydrogens (primary N) is 1. The van der Waals surface area contributed by atoms with Crippen molar-refractivity contribution < 1.29 is 4.74 Å². The van der Waals surface area contributed by atoms with Crippen LogP contribution in [-0.4, -0.2) is 7.11 Å². The molecule has 13 heavy (non-hydrogen) atoms. The van der Waals surface area contributed by atoms with Crippen molar-refractivity contribution in [3.63, 3.8) is 0 Å². The topological polar surface area (TPSA) is 35.2 Å². The molecule has 1 rings (SSSR count). The van der Waals surface area contributed by atoms with Gasteiger partial charge in [-0.2, -0.15) is 0 Å². The second-order valence-corrected chi connectivity index (χ2v) is 4.17. The second-order valence-electron chi connectivity index (χ2n) is 2.75. The van der Waals surface area contributed by atoms with Crippen molar-refractivity contribution >= 4 is 27.5 Å². The molecule has 0 bridgehead atoms. The van der Waals surface area contributed by atoms with Gasteiger partial charge in [-0.25, -0.2) is 0 Å². The fraction of sp³-hybridized carbons (Fsp3) is 0.333. The van der Waals surface area contributed by atoms with Crippen LogP contribution in [0.2, 0.25) is 5.02 Å². The first-order valence-electron chi connectivity index (χ1n) is 3.80. The Balaban J connectivity index is 3.29. The summed E-state index contributed by atoms with van der Waals surface area (Å²) in [6, 6.07) is 3.64. The normalized spacial score (nSPS) is 12.7. The summed E-state index contributed by atoms with van der Waals surface area (Å²) in [7, 11) is 1.62. The molecule has 0 spiro atoms. The van der Waals surface area contributed by atoms with Crippen molar-refractivity contribution in [1.29, 1.82) is 0 Å². The van der Waals surface area contributed by atoms with E-state index in [-0.39, 0.29) is 4.95 Å². The van der Waals surface area contributed by atoms with Gasteiger partial charge in [-0.05, 0) is 24.6 Å². The molecule has 0 aliphatic rings. The quantitative estimate of drug-likeness (QED) is 0.658. The van der Waals surface area contributed by atoms with E-state index in [1.165, 1.54) is 0 Å². The molecule has 0 aliphatic carbocycles. The van der Waals surface area contributed by atoms with E-state index in [2.05, 4.69) is 15.9 Å². The Labute approximate surface area is 91.2 Å². The van der Waals surface area contributed by atoms with E-state index in [0.717, 1.165) is 16.9 Å². The molecule has 0 fully saturated rings. The largest absolute Gasteiger partial charge is 0.496 e. The van der Waals surface area contributed by atoms with Crippen LogP contribution in [0, 0.1) is 6.92 Å². The summed E-state index contributed by atoms with van der Waals surface area (Å²) < 4.78 is 5.22. The van der Waals surface area contributed by atoms with Crippen LogP contribution in [0.15, 0.2) is 12.1 Å². The lowest BCUT2D eigenvalue weighted by Crippen LogP contribution is -2.05. The van der Waals surface area contributed by atoms with Crippen LogP contribution < -0.4 is 10.5 Å². The molecule has 0 heterocycles. The van der Waals surface area contributed by atoms with Gasteiger partial charge in [-0.15, -0.1) is 0 Å². The molecule has 2 nitrogen and oxygen atoms in total. The molecular weight excluding hydrogens is 253 g/mol. The molecule has 0 saturated heterocycles. The van der Waals surface area contributed by atoms with Gasteiger partial charge in [0.1, 0.15) is 5.75 Å². The van der Waals surface area contributed by atoms with Gasteiger partial charge < -0.3 is 10.5 Å². The first-order chi connectivity index (χ1) is 6.06. The monoisotopic (exact) mass is 263 g/mol. The molecule has 0 aliphatic heterocycles. The molecular formula is C9H11BrClNO. The number of alkyl halides is 1. The van der Waals surface area contributed by atoms with E-state index >= 15 is 0 Å². The molecule has 4 heteroatoms. The summed E-state index contributed by atoms with van der Waals surface area (Å²) >= 11 is 9.17. The van der Waals surface area contributed by atoms with Crippen LogP contribution in [0.1, 0.15) is 16.1 Å². The van der Waals surface area contributed by atoms with E-state index < -0.39 is 0 Å². The van der Waals surface area contributed by atoms with E-state index in [1.807, 2.05) is 13.0 Å². The third-order valence-corrected chi connectivity index (χ3v) is 2.48. The third kappa shape index (κ3) is 2.36. The van der Waals surface area contributed by atoms with Gasteiger partial charge >= 0.3 is 0 Å². The lowest BCUT2D eigenvalue weighted by molar-refractivity contribution is 0.406. The summed E-state index contributed by atoms with van der Waals surface area (Å²) in [6.45, 7) is 1.93. The summed E-state index contributed by atoms with van der Waals surface area (Å²) in [5.74, 6) is 0.786. The Morgan fingerprint density at radius 3 is 2.62 bits per heavy atom. The predicted molar refractivity (Wildman–Crippen MR) is 58.6 cm³/mol. The van der Waals surface area contributed by atoms with E-state index in [0.29, 0.717) is 5.02 Å². The molecule has 1 atom stereocenters. The number of methoxy groups -OCH3 is 1. The Morgan fingerprint density at radius 2 is 2.15 bits per heavy atom. The van der Waals surface area contributed by atoms with Gasteiger partial charge in [0.05, 0.1) is 12.1 Å². The maximum Gasteiger partial charge on any atom is 0.127 e. The molecule has 2 N–H and O–H groups in total. The number of aryl methyl sites for hydroxylation is 1. The second kappa shape index (κ2) is 4.31. The Kier molecular flexibility index (Phi) is 3.59. The first kappa shape index (κ1) is 10.8. The van der Waals surface area contributed by atoms with Gasteiger partial charge in [-0.1, -0.05) is 27.5 Å². The van der Waals surface area contributed by atoms with Crippen LogP contribution in [0.4, 0.5) is 0 Å². The summed E-state index contributed by atoms with van der Waals surface area (Å²) in [5.41, 5.74) is 7.56. The smallest absolute Gasteiger partial charge is 0.127 e. The maximum atomic E-state index is 5.89. The van der Waals surface area contributed by atoms with Crippen molar-refractivity contribution in [1.82, 2.24) is 0 Å². The highest BCUT2D eigenvalue weighted by molar-refractivity contribution is 9.09. The van der Waals surface area contributed by atoms with Crippen LogP contribution in [0.25, 0.3) is 0 Å². The van der Waals surface area contributed by atoms with Crippen LogP contribution in [0.5, 0.6) is 5.75 Å². The van der Waals surface area contributed by atoms with Crippen molar-refractivity contribution in [2.75, 3.05) is 7.11 Å². The SMILES string of the molecule is COc1c(C)cc(Cl)cc1C(N)Br. The molecule has 0 radical (unpaired) electrons. The average molecular weight is 265 g/mol. The summed E-state index contributed by atoms with van der Waals surface area (Å²) in [6.07, 6.45) is 0. The van der Waals surface area contributed by atoms with Crippen molar-refractivity contribution in [3.8, 4) is 5.75 Å². The van der Waals surface area contributed by atoms with E-state index in [9.17, 15) is 0 Å². The minimum atomic E-state index is -0.250. The number of ether oxygens (including phenoxy) is 1. The fourth-order valence-corrected chi connectivity index (χ4v) is 1.86. The molecule has 0 saturated carbocycles. The van der Waals surface area contributed by atoms with Crippen LogP contribution in [-0.2, 0) is 0 Å². The zero-order valence-electron chi connectivity index (χ0n) is 7.47. The minimum Gasteiger partial charge on any atom is -0.496 e. The Hall–Kier alpha value is -0.250. The summed E-state index contributed by atoms with van der Waals surface area (Å²) in [4.78, 5) is -0.250. The average Bonchev–Trinajstić information content (AvgIpc) is 2.02. The molecule has 1 unspecified atom stereocenters. The highest BCUT2D eigenvalue weighted by Gasteiger charge is 2.12. The van der Waals surface area contributed by atoms with Crippen molar-refractivity contribution in [3.05, 3.63) is 28.3 Å². The zero-order valence-corrected chi connectivity index (χ0v) is 9.82. The molecule has 72 valence electrons. The molecule has 1 aromatic rings. The lowest BCUT2D eigenvalue weighted by atomic mass is 10.1. The van der Waals surface area contributed by atoms with Gasteiger partial charge in [0.25, 0.3) is 0 Å². The highest BCUT2D eigenvalue weighted by Crippen LogP contribution is 2.33. The third-order valence-electron chi connectivity index (χ3n) is 1.77. The van der Waals surface area contributed by atoms with Crippen molar-refractivity contribution in [2.24, 2.45) is 5.73 Å². The van der Waals surface area contributed by atoms with Crippen LogP contribution in [0.3, 0.4) is 0 Å². The Morgan fingerprint density at radius 1 is 1.54 bits per heavy atom. The standard InChI is InChI=1S/C9H11BrClNO/c1-5-3-6(11)4-7(9(10)12)8(5)13-2/h3-4,9H,12H2,1-2H3. The van der Waals surface area contributed by atoms with Gasteiger partial charge in [0.2, 0.25) is 0 Å². The number of rotatable bonds is 2. The predicted octanol–water partition coefficient (Wildman–Crippen LogP) is 3.01. The van der Waals surface area contributed by atoms with Gasteiger partial charge in [0, 0.05) is 10.6 Å². The van der Waals surface area contributed by atoms with E-state index in [4.69, 9.17) is 22.1 Å². The lowest BCUT2D eigenvalue weighted by Gasteiger charge is -2.13. The first-order valence-corrected chi connectivity index (χ1v) is 5.09. The van der Waals surface area contributed by atoms with E-state index in [1.54, 1.807) is 13.2 Å². The highest BCUT2D eigenvalue weighted by atomic mass is 79.9. The van der Waals surface area contributed by atoms with Crippen molar-refractivity contribution in [2.45, 2.75) is 11.9 Å². The zero-order chi connectivity index (χ0) is 10.0. The summed E-state index contributed by atoms with van der Waals surface area (Å²) in [5, 5.41) is 0.670. The van der Waals surface area contributed by atoms with Crippen LogP contribution >= 0.6 is 27.5 Å². The number of benzene rings is 1. The maximum absolute atomic E-state index is 5.89. The fourth-order valence-electron chi connectivity index (χ4n) is 1.24. The molecule has 1 aromatic carbocycles. The number of hydrogen-bond donors (Lipinski definition) is 1. The molecule has 0 amide bonds. The van der Waals surface area contributed by atoms with Gasteiger partial charge in [-0.3, -0.25) is 0 Å².